The molecule has 10 heteroatoms. The SMILES string of the molecule is O=C(c1n[nH]n(/N=C/c2ccc(O)cc2)c1=O)N1CCN(c2cccc(Cl)c2)CC1. The Morgan fingerprint density at radius 1 is 1.13 bits per heavy atom. The predicted molar refractivity (Wildman–Crippen MR) is 114 cm³/mol. The lowest BCUT2D eigenvalue weighted by Crippen LogP contribution is -2.49. The third kappa shape index (κ3) is 4.20. The van der Waals surface area contributed by atoms with Gasteiger partial charge in [-0.2, -0.15) is 10.3 Å². The highest BCUT2D eigenvalue weighted by Crippen LogP contribution is 2.21. The number of nitrogens with one attached hydrogen (secondary N) is 1. The summed E-state index contributed by atoms with van der Waals surface area (Å²) in [6, 6.07) is 13.9. The number of halogens is 1. The molecule has 1 saturated heterocycles. The van der Waals surface area contributed by atoms with Gasteiger partial charge in [-0.25, -0.2) is 0 Å². The molecule has 0 radical (unpaired) electrons. The first-order chi connectivity index (χ1) is 14.5. The maximum atomic E-state index is 12.8. The Bertz CT molecular complexity index is 1130. The van der Waals surface area contributed by atoms with Gasteiger partial charge in [-0.15, -0.1) is 9.89 Å². The molecule has 0 unspecified atom stereocenters. The van der Waals surface area contributed by atoms with Crippen LogP contribution in [0.15, 0.2) is 58.4 Å². The minimum Gasteiger partial charge on any atom is -0.508 e. The summed E-state index contributed by atoms with van der Waals surface area (Å²) in [5.41, 5.74) is 0.862. The zero-order valence-corrected chi connectivity index (χ0v) is 16.7. The number of benzene rings is 2. The Morgan fingerprint density at radius 3 is 2.57 bits per heavy atom. The van der Waals surface area contributed by atoms with Crippen molar-refractivity contribution in [2.45, 2.75) is 0 Å². The van der Waals surface area contributed by atoms with E-state index in [-0.39, 0.29) is 11.4 Å². The molecule has 154 valence electrons. The average Bonchev–Trinajstić information content (AvgIpc) is 3.13. The van der Waals surface area contributed by atoms with Gasteiger partial charge in [0.25, 0.3) is 5.91 Å². The molecule has 1 fully saturated rings. The van der Waals surface area contributed by atoms with Crippen LogP contribution >= 0.6 is 11.6 Å². The normalized spacial score (nSPS) is 14.4. The van der Waals surface area contributed by atoms with Crippen molar-refractivity contribution in [2.75, 3.05) is 31.1 Å². The van der Waals surface area contributed by atoms with Gasteiger partial charge in [0, 0.05) is 36.9 Å². The average molecular weight is 427 g/mol. The Labute approximate surface area is 176 Å². The van der Waals surface area contributed by atoms with E-state index in [1.165, 1.54) is 18.3 Å². The smallest absolute Gasteiger partial charge is 0.320 e. The van der Waals surface area contributed by atoms with Crippen molar-refractivity contribution in [3.05, 3.63) is 75.2 Å². The highest BCUT2D eigenvalue weighted by atomic mass is 35.5. The number of aromatic hydroxyl groups is 1. The zero-order chi connectivity index (χ0) is 21.1. The van der Waals surface area contributed by atoms with Crippen molar-refractivity contribution in [3.63, 3.8) is 0 Å². The van der Waals surface area contributed by atoms with Crippen LogP contribution in [0, 0.1) is 0 Å². The molecule has 0 spiro atoms. The number of aromatic nitrogens is 3. The van der Waals surface area contributed by atoms with Crippen molar-refractivity contribution < 1.29 is 9.90 Å². The van der Waals surface area contributed by atoms with Gasteiger partial charge in [-0.1, -0.05) is 17.7 Å². The van der Waals surface area contributed by atoms with Crippen LogP contribution in [0.2, 0.25) is 5.02 Å². The Hall–Kier alpha value is -3.59. The van der Waals surface area contributed by atoms with Crippen LogP contribution in [0.1, 0.15) is 16.1 Å². The summed E-state index contributed by atoms with van der Waals surface area (Å²) in [6.07, 6.45) is 1.43. The Morgan fingerprint density at radius 2 is 1.87 bits per heavy atom. The number of carbonyl (C=O) groups excluding carboxylic acids is 1. The van der Waals surface area contributed by atoms with E-state index in [0.717, 1.165) is 10.5 Å². The van der Waals surface area contributed by atoms with Crippen LogP contribution in [0.4, 0.5) is 5.69 Å². The van der Waals surface area contributed by atoms with E-state index in [2.05, 4.69) is 20.3 Å². The number of phenols is 1. The standard InChI is InChI=1S/C20H19ClN6O3/c21-15-2-1-3-16(12-15)25-8-10-26(11-9-25)19(29)18-20(30)27(24-23-18)22-13-14-4-6-17(28)7-5-14/h1-7,12-13,24,28H,8-11H2/b22-13+. The Kier molecular flexibility index (Phi) is 5.53. The van der Waals surface area contributed by atoms with Crippen LogP contribution < -0.4 is 10.5 Å². The number of anilines is 1. The minimum absolute atomic E-state index is 0.134. The molecule has 1 amide bonds. The number of amides is 1. The van der Waals surface area contributed by atoms with Gasteiger partial charge in [-0.3, -0.25) is 9.59 Å². The summed E-state index contributed by atoms with van der Waals surface area (Å²) in [7, 11) is 0. The van der Waals surface area contributed by atoms with Crippen molar-refractivity contribution in [2.24, 2.45) is 5.10 Å². The van der Waals surface area contributed by atoms with E-state index in [0.29, 0.717) is 36.8 Å². The van der Waals surface area contributed by atoms with Crippen molar-refractivity contribution in [1.29, 1.82) is 0 Å². The second kappa shape index (κ2) is 8.42. The van der Waals surface area contributed by atoms with E-state index in [9.17, 15) is 14.7 Å². The second-order valence-electron chi connectivity index (χ2n) is 6.77. The quantitative estimate of drug-likeness (QED) is 0.618. The second-order valence-corrected chi connectivity index (χ2v) is 7.21. The van der Waals surface area contributed by atoms with Gasteiger partial charge >= 0.3 is 5.56 Å². The predicted octanol–water partition coefficient (Wildman–Crippen LogP) is 1.77. The first kappa shape index (κ1) is 19.7. The summed E-state index contributed by atoms with van der Waals surface area (Å²) in [5.74, 6) is -0.297. The molecule has 2 aromatic carbocycles. The molecule has 0 atom stereocenters. The van der Waals surface area contributed by atoms with E-state index in [1.807, 2.05) is 24.3 Å². The molecule has 0 aliphatic carbocycles. The molecular formula is C20H19ClN6O3. The third-order valence-electron chi connectivity index (χ3n) is 4.81. The number of hydrogen-bond donors (Lipinski definition) is 2. The van der Waals surface area contributed by atoms with Gasteiger partial charge in [0.1, 0.15) is 5.75 Å². The molecule has 9 nitrogen and oxygen atoms in total. The van der Waals surface area contributed by atoms with E-state index >= 15 is 0 Å². The molecule has 1 aliphatic heterocycles. The summed E-state index contributed by atoms with van der Waals surface area (Å²) in [5, 5.41) is 20.3. The Balaban J connectivity index is 1.42. The maximum absolute atomic E-state index is 12.8. The van der Waals surface area contributed by atoms with Gasteiger partial charge in [0.05, 0.1) is 6.21 Å². The van der Waals surface area contributed by atoms with Crippen LogP contribution in [0.5, 0.6) is 5.75 Å². The molecule has 1 aliphatic rings. The van der Waals surface area contributed by atoms with Gasteiger partial charge in [-0.05, 0) is 48.0 Å². The third-order valence-corrected chi connectivity index (χ3v) is 5.04. The summed E-state index contributed by atoms with van der Waals surface area (Å²) in [4.78, 5) is 29.9. The molecule has 0 bridgehead atoms. The van der Waals surface area contributed by atoms with Gasteiger partial charge in [0.2, 0.25) is 5.69 Å². The highest BCUT2D eigenvalue weighted by molar-refractivity contribution is 6.30. The minimum atomic E-state index is -0.618. The molecule has 1 aromatic heterocycles. The number of H-pyrrole nitrogens is 1. The topological polar surface area (TPSA) is 107 Å². The number of carbonyl (C=O) groups is 1. The van der Waals surface area contributed by atoms with Crippen LogP contribution in [0.25, 0.3) is 0 Å². The van der Waals surface area contributed by atoms with Gasteiger partial charge < -0.3 is 14.9 Å². The van der Waals surface area contributed by atoms with Crippen LogP contribution in [-0.4, -0.2) is 63.4 Å². The molecule has 30 heavy (non-hydrogen) atoms. The zero-order valence-electron chi connectivity index (χ0n) is 15.9. The van der Waals surface area contributed by atoms with Crippen molar-refractivity contribution in [3.8, 4) is 5.75 Å². The van der Waals surface area contributed by atoms with Crippen molar-refractivity contribution >= 4 is 29.4 Å². The lowest BCUT2D eigenvalue weighted by molar-refractivity contribution is 0.0739. The van der Waals surface area contributed by atoms with Gasteiger partial charge in [0.15, 0.2) is 0 Å². The molecule has 2 N–H and O–H groups in total. The van der Waals surface area contributed by atoms with E-state index in [1.54, 1.807) is 17.0 Å². The number of aromatic amines is 1. The first-order valence-corrected chi connectivity index (χ1v) is 9.69. The molecule has 4 rings (SSSR count). The fraction of sp³-hybridized carbons (Fsp3) is 0.200. The number of nitrogens with zero attached hydrogens (tertiary/aromatic N) is 5. The number of hydrogen-bond acceptors (Lipinski definition) is 6. The summed E-state index contributed by atoms with van der Waals surface area (Å²) < 4.78 is 0. The molecular weight excluding hydrogens is 408 g/mol. The maximum Gasteiger partial charge on any atom is 0.320 e. The lowest BCUT2D eigenvalue weighted by Gasteiger charge is -2.35. The van der Waals surface area contributed by atoms with E-state index in [4.69, 9.17) is 11.6 Å². The van der Waals surface area contributed by atoms with Crippen LogP contribution in [-0.2, 0) is 0 Å². The highest BCUT2D eigenvalue weighted by Gasteiger charge is 2.26. The number of piperazine rings is 1. The summed E-state index contributed by atoms with van der Waals surface area (Å²) >= 11 is 6.05. The molecule has 0 saturated carbocycles. The lowest BCUT2D eigenvalue weighted by atomic mass is 10.2. The van der Waals surface area contributed by atoms with Crippen molar-refractivity contribution in [1.82, 2.24) is 20.0 Å². The number of phenolic OH excluding ortho intramolecular Hbond substituents is 1. The first-order valence-electron chi connectivity index (χ1n) is 9.32. The van der Waals surface area contributed by atoms with E-state index < -0.39 is 11.5 Å². The molecule has 3 aromatic rings. The summed E-state index contributed by atoms with van der Waals surface area (Å²) in [6.45, 7) is 2.19. The fourth-order valence-electron chi connectivity index (χ4n) is 3.18. The fourth-order valence-corrected chi connectivity index (χ4v) is 3.37. The van der Waals surface area contributed by atoms with Crippen LogP contribution in [0.3, 0.4) is 0 Å². The largest absolute Gasteiger partial charge is 0.508 e. The number of rotatable bonds is 4. The molecule has 2 heterocycles. The monoisotopic (exact) mass is 426 g/mol.